The smallest absolute Gasteiger partial charge is 0.341 e. The fourth-order valence-electron chi connectivity index (χ4n) is 2.38. The van der Waals surface area contributed by atoms with E-state index in [2.05, 4.69) is 26.3 Å². The number of anilines is 1. The van der Waals surface area contributed by atoms with E-state index in [1.54, 1.807) is 13.8 Å². The van der Waals surface area contributed by atoms with Crippen molar-refractivity contribution < 1.29 is 19.1 Å². The molecule has 0 unspecified atom stereocenters. The molecule has 1 N–H and O–H groups in total. The van der Waals surface area contributed by atoms with E-state index in [1.807, 2.05) is 6.92 Å². The van der Waals surface area contributed by atoms with Crippen molar-refractivity contribution in [3.63, 3.8) is 0 Å². The zero-order valence-electron chi connectivity index (χ0n) is 14.3. The van der Waals surface area contributed by atoms with Crippen LogP contribution in [-0.2, 0) is 11.3 Å². The third-order valence-electron chi connectivity index (χ3n) is 3.48. The van der Waals surface area contributed by atoms with Crippen LogP contribution in [0.3, 0.4) is 0 Å². The average Bonchev–Trinajstić information content (AvgIpc) is 3.07. The maximum absolute atomic E-state index is 12.7. The molecule has 0 aliphatic rings. The minimum atomic E-state index is -0.567. The molecule has 0 saturated heterocycles. The number of hydrogen-bond acceptors (Lipinski definition) is 6. The van der Waals surface area contributed by atoms with Crippen LogP contribution in [0.15, 0.2) is 10.7 Å². The number of thiophene rings is 1. The molecule has 0 spiro atoms. The number of carbonyl (C=O) groups excluding carboxylic acids is 3. The monoisotopic (exact) mass is 427 g/mol. The van der Waals surface area contributed by atoms with E-state index < -0.39 is 11.9 Å². The van der Waals surface area contributed by atoms with Gasteiger partial charge >= 0.3 is 5.97 Å². The Morgan fingerprint density at radius 2 is 2.04 bits per heavy atom. The highest BCUT2D eigenvalue weighted by Crippen LogP contribution is 2.34. The Balaban J connectivity index is 2.46. The Bertz CT molecular complexity index is 841. The van der Waals surface area contributed by atoms with Crippen LogP contribution in [0.25, 0.3) is 0 Å². The summed E-state index contributed by atoms with van der Waals surface area (Å²) >= 11 is 4.37. The lowest BCUT2D eigenvalue weighted by Crippen LogP contribution is -2.19. The van der Waals surface area contributed by atoms with Crippen molar-refractivity contribution in [3.8, 4) is 0 Å². The van der Waals surface area contributed by atoms with Crippen LogP contribution in [-0.4, -0.2) is 34.0 Å². The number of aryl methyl sites for hydroxylation is 1. The maximum Gasteiger partial charge on any atom is 0.341 e. The number of nitrogens with zero attached hydrogens (tertiary/aromatic N) is 2. The summed E-state index contributed by atoms with van der Waals surface area (Å²) in [6, 6.07) is 0. The predicted molar refractivity (Wildman–Crippen MR) is 98.6 cm³/mol. The molecule has 0 aromatic carbocycles. The highest BCUT2D eigenvalue weighted by Gasteiger charge is 2.26. The highest BCUT2D eigenvalue weighted by atomic mass is 79.9. The van der Waals surface area contributed by atoms with E-state index in [1.165, 1.54) is 17.8 Å². The van der Waals surface area contributed by atoms with Crippen molar-refractivity contribution in [3.05, 3.63) is 32.4 Å². The van der Waals surface area contributed by atoms with Gasteiger partial charge in [0, 0.05) is 6.54 Å². The normalized spacial score (nSPS) is 10.6. The minimum Gasteiger partial charge on any atom is -0.462 e. The zero-order valence-corrected chi connectivity index (χ0v) is 16.7. The third-order valence-corrected chi connectivity index (χ3v) is 5.37. The Kier molecular flexibility index (Phi) is 6.12. The van der Waals surface area contributed by atoms with Gasteiger partial charge in [-0.2, -0.15) is 5.10 Å². The summed E-state index contributed by atoms with van der Waals surface area (Å²) in [6.45, 7) is 7.36. The lowest BCUT2D eigenvalue weighted by atomic mass is 10.1. The molecule has 0 atom stereocenters. The second-order valence-corrected chi connectivity index (χ2v) is 7.02. The van der Waals surface area contributed by atoms with E-state index in [0.717, 1.165) is 11.3 Å². The SMILES string of the molecule is CCOC(=O)c1c(NC(=O)c2c(Br)cnn2CC)sc(C(C)=O)c1C. The molecular weight excluding hydrogens is 410 g/mol. The second-order valence-electron chi connectivity index (χ2n) is 5.15. The van der Waals surface area contributed by atoms with Crippen LogP contribution < -0.4 is 5.32 Å². The third kappa shape index (κ3) is 3.82. The van der Waals surface area contributed by atoms with Gasteiger partial charge in [-0.3, -0.25) is 14.3 Å². The van der Waals surface area contributed by atoms with Gasteiger partial charge in [0.05, 0.1) is 27.7 Å². The number of ether oxygens (including phenoxy) is 1. The van der Waals surface area contributed by atoms with E-state index in [9.17, 15) is 14.4 Å². The first-order valence-corrected chi connectivity index (χ1v) is 9.26. The molecule has 134 valence electrons. The molecule has 9 heteroatoms. The summed E-state index contributed by atoms with van der Waals surface area (Å²) in [5.74, 6) is -1.16. The van der Waals surface area contributed by atoms with Crippen LogP contribution >= 0.6 is 27.3 Å². The van der Waals surface area contributed by atoms with Gasteiger partial charge in [-0.15, -0.1) is 11.3 Å². The van der Waals surface area contributed by atoms with Crippen molar-refractivity contribution in [1.82, 2.24) is 9.78 Å². The molecular formula is C16H18BrN3O4S. The zero-order chi connectivity index (χ0) is 18.7. The number of ketones is 1. The van der Waals surface area contributed by atoms with E-state index >= 15 is 0 Å². The Morgan fingerprint density at radius 1 is 1.36 bits per heavy atom. The molecule has 0 aliphatic heterocycles. The molecule has 2 aromatic rings. The fraction of sp³-hybridized carbons (Fsp3) is 0.375. The minimum absolute atomic E-state index is 0.173. The summed E-state index contributed by atoms with van der Waals surface area (Å²) in [7, 11) is 0. The molecule has 7 nitrogen and oxygen atoms in total. The quantitative estimate of drug-likeness (QED) is 0.560. The Labute approximate surface area is 157 Å². The summed E-state index contributed by atoms with van der Waals surface area (Å²) < 4.78 is 7.15. The van der Waals surface area contributed by atoms with Gasteiger partial charge in [0.15, 0.2) is 5.78 Å². The Morgan fingerprint density at radius 3 is 2.60 bits per heavy atom. The summed E-state index contributed by atoms with van der Waals surface area (Å²) in [5.41, 5.74) is 1.06. The van der Waals surface area contributed by atoms with Crippen molar-refractivity contribution in [2.75, 3.05) is 11.9 Å². The number of Topliss-reactive ketones (excluding diaryl/α,β-unsaturated/α-hetero) is 1. The molecule has 1 amide bonds. The van der Waals surface area contributed by atoms with Crippen LogP contribution in [0.5, 0.6) is 0 Å². The van der Waals surface area contributed by atoms with Crippen LogP contribution in [0.4, 0.5) is 5.00 Å². The number of carbonyl (C=O) groups is 3. The number of hydrogen-bond donors (Lipinski definition) is 1. The van der Waals surface area contributed by atoms with Gasteiger partial charge in [-0.25, -0.2) is 4.79 Å². The van der Waals surface area contributed by atoms with Gasteiger partial charge in [0.1, 0.15) is 10.7 Å². The largest absolute Gasteiger partial charge is 0.462 e. The predicted octanol–water partition coefficient (Wildman–Crippen LogP) is 3.67. The maximum atomic E-state index is 12.7. The van der Waals surface area contributed by atoms with Crippen molar-refractivity contribution in [2.24, 2.45) is 0 Å². The van der Waals surface area contributed by atoms with Gasteiger partial charge in [-0.05, 0) is 49.2 Å². The van der Waals surface area contributed by atoms with Crippen molar-refractivity contribution >= 4 is 49.9 Å². The second kappa shape index (κ2) is 7.92. The van der Waals surface area contributed by atoms with Gasteiger partial charge in [0.2, 0.25) is 0 Å². The van der Waals surface area contributed by atoms with Crippen LogP contribution in [0, 0.1) is 6.92 Å². The molecule has 25 heavy (non-hydrogen) atoms. The molecule has 0 aliphatic carbocycles. The van der Waals surface area contributed by atoms with Crippen LogP contribution in [0.2, 0.25) is 0 Å². The fourth-order valence-corrected chi connectivity index (χ4v) is 3.94. The van der Waals surface area contributed by atoms with Gasteiger partial charge in [-0.1, -0.05) is 0 Å². The molecule has 2 aromatic heterocycles. The molecule has 2 rings (SSSR count). The molecule has 2 heterocycles. The average molecular weight is 428 g/mol. The van der Waals surface area contributed by atoms with Crippen molar-refractivity contribution in [2.45, 2.75) is 34.2 Å². The number of rotatable bonds is 6. The molecule has 0 radical (unpaired) electrons. The lowest BCUT2D eigenvalue weighted by Gasteiger charge is -2.08. The molecule has 0 fully saturated rings. The standard InChI is InChI=1S/C16H18BrN3O4S/c1-5-20-12(10(17)7-18-20)14(22)19-15-11(16(23)24-6-2)8(3)13(25-15)9(4)21/h7H,5-6H2,1-4H3,(H,19,22). The first-order chi connectivity index (χ1) is 11.8. The topological polar surface area (TPSA) is 90.3 Å². The van der Waals surface area contributed by atoms with Gasteiger partial charge < -0.3 is 10.1 Å². The summed E-state index contributed by atoms with van der Waals surface area (Å²) in [6.07, 6.45) is 1.53. The highest BCUT2D eigenvalue weighted by molar-refractivity contribution is 9.10. The summed E-state index contributed by atoms with van der Waals surface area (Å²) in [5, 5.41) is 7.11. The number of aromatic nitrogens is 2. The first kappa shape index (κ1) is 19.3. The lowest BCUT2D eigenvalue weighted by molar-refractivity contribution is 0.0527. The number of esters is 1. The van der Waals surface area contributed by atoms with Crippen LogP contribution in [0.1, 0.15) is 56.9 Å². The van der Waals surface area contributed by atoms with E-state index in [-0.39, 0.29) is 18.0 Å². The van der Waals surface area contributed by atoms with E-state index in [0.29, 0.717) is 32.2 Å². The number of nitrogens with one attached hydrogen (secondary N) is 1. The molecule has 0 bridgehead atoms. The number of halogens is 1. The van der Waals surface area contributed by atoms with E-state index in [4.69, 9.17) is 4.74 Å². The summed E-state index contributed by atoms with van der Waals surface area (Å²) in [4.78, 5) is 37.2. The molecule has 0 saturated carbocycles. The Hall–Kier alpha value is -2.00. The van der Waals surface area contributed by atoms with Gasteiger partial charge in [0.25, 0.3) is 5.91 Å². The number of amides is 1. The first-order valence-electron chi connectivity index (χ1n) is 7.65. The van der Waals surface area contributed by atoms with Crippen molar-refractivity contribution in [1.29, 1.82) is 0 Å².